The predicted octanol–water partition coefficient (Wildman–Crippen LogP) is 3.96. The molecule has 2 aromatic carbocycles. The lowest BCUT2D eigenvalue weighted by molar-refractivity contribution is -0.384. The van der Waals surface area contributed by atoms with Crippen molar-refractivity contribution in [1.29, 1.82) is 0 Å². The molecule has 0 fully saturated rings. The number of nitro groups is 1. The minimum Gasteiger partial charge on any atom is -0.452 e. The van der Waals surface area contributed by atoms with E-state index in [1.807, 2.05) is 31.2 Å². The van der Waals surface area contributed by atoms with E-state index in [4.69, 9.17) is 20.9 Å². The van der Waals surface area contributed by atoms with Gasteiger partial charge in [0.25, 0.3) is 11.6 Å². The van der Waals surface area contributed by atoms with Crippen LogP contribution in [0.15, 0.2) is 47.0 Å². The van der Waals surface area contributed by atoms with E-state index in [0.29, 0.717) is 5.82 Å². The number of nitrogens with zero attached hydrogens (tertiary/aromatic N) is 3. The molecule has 3 aromatic rings. The smallest absolute Gasteiger partial charge is 0.340 e. The lowest BCUT2D eigenvalue weighted by Crippen LogP contribution is -2.06. The van der Waals surface area contributed by atoms with Crippen molar-refractivity contribution in [3.05, 3.63) is 74.6 Å². The molecule has 132 valence electrons. The maximum absolute atomic E-state index is 12.1. The molecule has 9 heteroatoms. The normalized spacial score (nSPS) is 10.5. The molecule has 0 aliphatic heterocycles. The van der Waals surface area contributed by atoms with Gasteiger partial charge in [0, 0.05) is 17.7 Å². The number of aromatic nitrogens is 2. The number of esters is 1. The first-order chi connectivity index (χ1) is 12.4. The largest absolute Gasteiger partial charge is 0.452 e. The van der Waals surface area contributed by atoms with Crippen LogP contribution in [0.3, 0.4) is 0 Å². The fraction of sp³-hybridized carbons (Fsp3) is 0.118. The summed E-state index contributed by atoms with van der Waals surface area (Å²) in [4.78, 5) is 26.3. The number of rotatable bonds is 5. The molecule has 0 aliphatic rings. The Kier molecular flexibility index (Phi) is 4.94. The number of nitro benzene ring substituents is 1. The molecule has 0 saturated carbocycles. The number of ether oxygens (including phenoxy) is 1. The lowest BCUT2D eigenvalue weighted by atomic mass is 10.1. The first kappa shape index (κ1) is 17.6. The molecular formula is C17H12ClN3O5. The number of hydrogen-bond donors (Lipinski definition) is 0. The van der Waals surface area contributed by atoms with E-state index in [9.17, 15) is 14.9 Å². The van der Waals surface area contributed by atoms with E-state index in [-0.39, 0.29) is 28.8 Å². The van der Waals surface area contributed by atoms with E-state index >= 15 is 0 Å². The molecule has 0 unspecified atom stereocenters. The molecule has 0 atom stereocenters. The fourth-order valence-electron chi connectivity index (χ4n) is 2.12. The van der Waals surface area contributed by atoms with Crippen molar-refractivity contribution in [2.45, 2.75) is 13.5 Å². The van der Waals surface area contributed by atoms with Crippen LogP contribution < -0.4 is 0 Å². The van der Waals surface area contributed by atoms with Crippen LogP contribution in [-0.2, 0) is 11.3 Å². The minimum absolute atomic E-state index is 0.00976. The Morgan fingerprint density at radius 1 is 1.27 bits per heavy atom. The SMILES string of the molecule is Cc1ccc(-c2noc(COC(=O)c3ccc([N+](=O)[O-])cc3Cl)n2)cc1. The van der Waals surface area contributed by atoms with Crippen molar-refractivity contribution in [3.63, 3.8) is 0 Å². The maximum atomic E-state index is 12.1. The van der Waals surface area contributed by atoms with Gasteiger partial charge in [-0.05, 0) is 13.0 Å². The van der Waals surface area contributed by atoms with Crippen LogP contribution in [0.4, 0.5) is 5.69 Å². The number of aryl methyl sites for hydroxylation is 1. The Morgan fingerprint density at radius 3 is 2.65 bits per heavy atom. The summed E-state index contributed by atoms with van der Waals surface area (Å²) in [6, 6.07) is 11.0. The molecule has 0 N–H and O–H groups in total. The summed E-state index contributed by atoms with van der Waals surface area (Å²) in [6.45, 7) is 1.72. The Labute approximate surface area is 152 Å². The molecule has 8 nitrogen and oxygen atoms in total. The molecule has 0 saturated heterocycles. The van der Waals surface area contributed by atoms with Crippen molar-refractivity contribution in [2.75, 3.05) is 0 Å². The third-order valence-corrected chi connectivity index (χ3v) is 3.80. The number of carbonyl (C=O) groups excluding carboxylic acids is 1. The zero-order chi connectivity index (χ0) is 18.7. The summed E-state index contributed by atoms with van der Waals surface area (Å²) in [5.74, 6) is -0.253. The summed E-state index contributed by atoms with van der Waals surface area (Å²) >= 11 is 5.89. The third kappa shape index (κ3) is 3.86. The topological polar surface area (TPSA) is 108 Å². The van der Waals surface area contributed by atoms with E-state index in [1.165, 1.54) is 12.1 Å². The molecule has 0 amide bonds. The number of halogens is 1. The van der Waals surface area contributed by atoms with Gasteiger partial charge in [0.1, 0.15) is 0 Å². The molecule has 0 spiro atoms. The first-order valence-corrected chi connectivity index (χ1v) is 7.82. The van der Waals surface area contributed by atoms with Crippen LogP contribution in [-0.4, -0.2) is 21.0 Å². The first-order valence-electron chi connectivity index (χ1n) is 7.45. The minimum atomic E-state index is -0.750. The van der Waals surface area contributed by atoms with Crippen LogP contribution >= 0.6 is 11.6 Å². The molecule has 3 rings (SSSR count). The highest BCUT2D eigenvalue weighted by Gasteiger charge is 2.17. The van der Waals surface area contributed by atoms with E-state index in [1.54, 1.807) is 0 Å². The average Bonchev–Trinajstić information content (AvgIpc) is 3.09. The molecule has 26 heavy (non-hydrogen) atoms. The van der Waals surface area contributed by atoms with E-state index in [0.717, 1.165) is 17.2 Å². The zero-order valence-corrected chi connectivity index (χ0v) is 14.3. The van der Waals surface area contributed by atoms with Gasteiger partial charge in [-0.2, -0.15) is 4.98 Å². The highest BCUT2D eigenvalue weighted by Crippen LogP contribution is 2.23. The molecule has 1 aromatic heterocycles. The van der Waals surface area contributed by atoms with Crippen LogP contribution in [0.1, 0.15) is 21.8 Å². The monoisotopic (exact) mass is 373 g/mol. The Bertz CT molecular complexity index is 969. The summed E-state index contributed by atoms with van der Waals surface area (Å²) in [6.07, 6.45) is 0. The van der Waals surface area contributed by atoms with Crippen LogP contribution in [0.5, 0.6) is 0 Å². The number of benzene rings is 2. The fourth-order valence-corrected chi connectivity index (χ4v) is 2.37. The van der Waals surface area contributed by atoms with Gasteiger partial charge in [-0.15, -0.1) is 0 Å². The second kappa shape index (κ2) is 7.32. The second-order valence-corrected chi connectivity index (χ2v) is 5.78. The molecule has 0 aliphatic carbocycles. The molecule has 0 bridgehead atoms. The van der Waals surface area contributed by atoms with Gasteiger partial charge in [0.15, 0.2) is 6.61 Å². The van der Waals surface area contributed by atoms with Crippen LogP contribution in [0, 0.1) is 17.0 Å². The summed E-state index contributed by atoms with van der Waals surface area (Å²) in [5.41, 5.74) is 1.67. The molecule has 1 heterocycles. The Balaban J connectivity index is 1.67. The van der Waals surface area contributed by atoms with Crippen molar-refractivity contribution >= 4 is 23.3 Å². The standard InChI is InChI=1S/C17H12ClN3O5/c1-10-2-4-11(5-3-10)16-19-15(26-20-16)9-25-17(22)13-7-6-12(21(23)24)8-14(13)18/h2-8H,9H2,1H3. The van der Waals surface area contributed by atoms with Crippen molar-refractivity contribution in [1.82, 2.24) is 10.1 Å². The van der Waals surface area contributed by atoms with E-state index < -0.39 is 10.9 Å². The zero-order valence-electron chi connectivity index (χ0n) is 13.5. The van der Waals surface area contributed by atoms with Gasteiger partial charge in [-0.1, -0.05) is 46.6 Å². The Morgan fingerprint density at radius 2 is 2.00 bits per heavy atom. The van der Waals surface area contributed by atoms with E-state index in [2.05, 4.69) is 10.1 Å². The van der Waals surface area contributed by atoms with Crippen LogP contribution in [0.25, 0.3) is 11.4 Å². The quantitative estimate of drug-likeness (QED) is 0.378. The van der Waals surface area contributed by atoms with Crippen molar-refractivity contribution in [3.8, 4) is 11.4 Å². The summed E-state index contributed by atoms with van der Waals surface area (Å²) in [5, 5.41) is 14.4. The maximum Gasteiger partial charge on any atom is 0.340 e. The predicted molar refractivity (Wildman–Crippen MR) is 91.7 cm³/mol. The van der Waals surface area contributed by atoms with Gasteiger partial charge in [0.2, 0.25) is 5.82 Å². The third-order valence-electron chi connectivity index (χ3n) is 3.49. The number of carbonyl (C=O) groups is 1. The van der Waals surface area contributed by atoms with Crippen LogP contribution in [0.2, 0.25) is 5.02 Å². The highest BCUT2D eigenvalue weighted by atomic mass is 35.5. The van der Waals surface area contributed by atoms with Gasteiger partial charge < -0.3 is 9.26 Å². The van der Waals surface area contributed by atoms with Crippen molar-refractivity contribution < 1.29 is 19.0 Å². The second-order valence-electron chi connectivity index (χ2n) is 5.38. The number of hydrogen-bond acceptors (Lipinski definition) is 7. The van der Waals surface area contributed by atoms with Gasteiger partial charge >= 0.3 is 5.97 Å². The summed E-state index contributed by atoms with van der Waals surface area (Å²) in [7, 11) is 0. The van der Waals surface area contributed by atoms with Gasteiger partial charge in [0.05, 0.1) is 15.5 Å². The van der Waals surface area contributed by atoms with Gasteiger partial charge in [-0.25, -0.2) is 4.79 Å². The average molecular weight is 374 g/mol. The summed E-state index contributed by atoms with van der Waals surface area (Å²) < 4.78 is 10.1. The Hall–Kier alpha value is -3.26. The number of non-ortho nitro benzene ring substituents is 1. The van der Waals surface area contributed by atoms with Crippen molar-refractivity contribution in [2.24, 2.45) is 0 Å². The lowest BCUT2D eigenvalue weighted by Gasteiger charge is -2.03. The molecular weight excluding hydrogens is 362 g/mol. The van der Waals surface area contributed by atoms with Gasteiger partial charge in [-0.3, -0.25) is 10.1 Å². The molecule has 0 radical (unpaired) electrons. The highest BCUT2D eigenvalue weighted by molar-refractivity contribution is 6.33.